The topological polar surface area (TPSA) is 87.2 Å². The van der Waals surface area contributed by atoms with E-state index in [9.17, 15) is 16.8 Å². The van der Waals surface area contributed by atoms with E-state index in [0.29, 0.717) is 26.2 Å². The Bertz CT molecular complexity index is 1060. The number of benzene rings is 2. The summed E-state index contributed by atoms with van der Waals surface area (Å²) in [5.74, 6) is 0.755. The van der Waals surface area contributed by atoms with Gasteiger partial charge in [0.05, 0.1) is 16.9 Å². The predicted molar refractivity (Wildman–Crippen MR) is 111 cm³/mol. The van der Waals surface area contributed by atoms with Gasteiger partial charge in [-0.25, -0.2) is 21.1 Å². The van der Waals surface area contributed by atoms with Gasteiger partial charge in [-0.1, -0.05) is 6.07 Å². The molecule has 10 heteroatoms. The van der Waals surface area contributed by atoms with Gasteiger partial charge in [-0.05, 0) is 36.4 Å². The Kier molecular flexibility index (Phi) is 6.18. The standard InChI is InChI=1S/C19H25N3O5S2/c1-20(2)28(23,24)18-7-9-19(10-8-18)29(25,26)22-13-11-21(12-14-22)16-5-4-6-17(15-16)27-3/h4-10,15H,11-14H2,1-3H3. The Labute approximate surface area is 172 Å². The third-order valence-corrected chi connectivity index (χ3v) is 8.64. The summed E-state index contributed by atoms with van der Waals surface area (Å²) in [7, 11) is -2.81. The first kappa shape index (κ1) is 21.6. The summed E-state index contributed by atoms with van der Waals surface area (Å²) in [6.07, 6.45) is 0. The summed E-state index contributed by atoms with van der Waals surface area (Å²) in [6.45, 7) is 1.80. The maximum absolute atomic E-state index is 13.0. The van der Waals surface area contributed by atoms with Gasteiger partial charge in [0.25, 0.3) is 0 Å². The Balaban J connectivity index is 1.73. The van der Waals surface area contributed by atoms with E-state index in [-0.39, 0.29) is 9.79 Å². The van der Waals surface area contributed by atoms with E-state index in [4.69, 9.17) is 4.74 Å². The van der Waals surface area contributed by atoms with Crippen LogP contribution >= 0.6 is 0 Å². The summed E-state index contributed by atoms with van der Waals surface area (Å²) >= 11 is 0. The van der Waals surface area contributed by atoms with Crippen LogP contribution in [0.2, 0.25) is 0 Å². The second-order valence-electron chi connectivity index (χ2n) is 6.85. The highest BCUT2D eigenvalue weighted by Gasteiger charge is 2.29. The molecular weight excluding hydrogens is 414 g/mol. The van der Waals surface area contributed by atoms with Crippen molar-refractivity contribution in [1.29, 1.82) is 0 Å². The van der Waals surface area contributed by atoms with E-state index in [1.807, 2.05) is 24.3 Å². The zero-order valence-electron chi connectivity index (χ0n) is 16.6. The SMILES string of the molecule is COc1cccc(N2CCN(S(=O)(=O)c3ccc(S(=O)(=O)N(C)C)cc3)CC2)c1. The van der Waals surface area contributed by atoms with Crippen LogP contribution in [0.25, 0.3) is 0 Å². The summed E-state index contributed by atoms with van der Waals surface area (Å²) in [6, 6.07) is 13.0. The van der Waals surface area contributed by atoms with Crippen molar-refractivity contribution in [3.63, 3.8) is 0 Å². The molecule has 0 amide bonds. The van der Waals surface area contributed by atoms with Crippen LogP contribution in [0.1, 0.15) is 0 Å². The van der Waals surface area contributed by atoms with Gasteiger partial charge >= 0.3 is 0 Å². The van der Waals surface area contributed by atoms with Crippen LogP contribution in [-0.2, 0) is 20.0 Å². The van der Waals surface area contributed by atoms with E-state index in [1.54, 1.807) is 7.11 Å². The Hall–Kier alpha value is -2.14. The van der Waals surface area contributed by atoms with Gasteiger partial charge in [-0.15, -0.1) is 0 Å². The number of hydrogen-bond acceptors (Lipinski definition) is 6. The number of anilines is 1. The van der Waals surface area contributed by atoms with Crippen molar-refractivity contribution in [3.05, 3.63) is 48.5 Å². The van der Waals surface area contributed by atoms with Crippen LogP contribution in [-0.4, -0.2) is 72.8 Å². The molecule has 0 aromatic heterocycles. The fourth-order valence-corrected chi connectivity index (χ4v) is 5.46. The summed E-state index contributed by atoms with van der Waals surface area (Å²) in [5.41, 5.74) is 0.986. The minimum absolute atomic E-state index is 0.0595. The van der Waals surface area contributed by atoms with Crippen LogP contribution in [0, 0.1) is 0 Å². The van der Waals surface area contributed by atoms with Gasteiger partial charge in [0.15, 0.2) is 0 Å². The second kappa shape index (κ2) is 8.31. The Morgan fingerprint density at radius 1 is 0.862 bits per heavy atom. The first-order valence-corrected chi connectivity index (χ1v) is 12.0. The lowest BCUT2D eigenvalue weighted by atomic mass is 10.2. The molecule has 1 fully saturated rings. The third kappa shape index (κ3) is 4.40. The van der Waals surface area contributed by atoms with Crippen LogP contribution in [0.3, 0.4) is 0 Å². The van der Waals surface area contributed by atoms with Crippen molar-refractivity contribution in [2.24, 2.45) is 0 Å². The largest absolute Gasteiger partial charge is 0.497 e. The minimum Gasteiger partial charge on any atom is -0.497 e. The Morgan fingerprint density at radius 2 is 1.45 bits per heavy atom. The van der Waals surface area contributed by atoms with Gasteiger partial charge < -0.3 is 9.64 Å². The summed E-state index contributed by atoms with van der Waals surface area (Å²) < 4.78 is 58.0. The van der Waals surface area contributed by atoms with Gasteiger partial charge in [0.2, 0.25) is 20.0 Å². The quantitative estimate of drug-likeness (QED) is 0.677. The molecule has 158 valence electrons. The van der Waals surface area contributed by atoms with Crippen molar-refractivity contribution in [3.8, 4) is 5.75 Å². The number of rotatable bonds is 6. The van der Waals surface area contributed by atoms with E-state index >= 15 is 0 Å². The van der Waals surface area contributed by atoms with Crippen molar-refractivity contribution in [2.45, 2.75) is 9.79 Å². The average molecular weight is 440 g/mol. The maximum Gasteiger partial charge on any atom is 0.243 e. The molecule has 1 aliphatic rings. The molecule has 0 N–H and O–H groups in total. The van der Waals surface area contributed by atoms with Crippen molar-refractivity contribution in [2.75, 3.05) is 52.3 Å². The number of hydrogen-bond donors (Lipinski definition) is 0. The molecule has 8 nitrogen and oxygen atoms in total. The van der Waals surface area contributed by atoms with Gasteiger partial charge in [-0.2, -0.15) is 4.31 Å². The Morgan fingerprint density at radius 3 is 2.00 bits per heavy atom. The number of methoxy groups -OCH3 is 1. The molecule has 1 heterocycles. The second-order valence-corrected chi connectivity index (χ2v) is 10.9. The monoisotopic (exact) mass is 439 g/mol. The normalized spacial score (nSPS) is 16.2. The highest BCUT2D eigenvalue weighted by molar-refractivity contribution is 7.89. The number of piperazine rings is 1. The molecule has 0 aliphatic carbocycles. The smallest absolute Gasteiger partial charge is 0.243 e. The van der Waals surface area contributed by atoms with Crippen LogP contribution in [0.4, 0.5) is 5.69 Å². The van der Waals surface area contributed by atoms with Crippen molar-refractivity contribution < 1.29 is 21.6 Å². The molecule has 0 spiro atoms. The van der Waals surface area contributed by atoms with Crippen molar-refractivity contribution >= 4 is 25.7 Å². The highest BCUT2D eigenvalue weighted by atomic mass is 32.2. The highest BCUT2D eigenvalue weighted by Crippen LogP contribution is 2.25. The first-order valence-electron chi connectivity index (χ1n) is 9.08. The molecular formula is C19H25N3O5S2. The van der Waals surface area contributed by atoms with E-state index in [2.05, 4.69) is 4.90 Å². The molecule has 29 heavy (non-hydrogen) atoms. The molecule has 2 aromatic rings. The average Bonchev–Trinajstić information content (AvgIpc) is 2.74. The molecule has 1 saturated heterocycles. The fourth-order valence-electron chi connectivity index (χ4n) is 3.14. The van der Waals surface area contributed by atoms with Gasteiger partial charge in [-0.3, -0.25) is 0 Å². The lowest BCUT2D eigenvalue weighted by Crippen LogP contribution is -2.48. The van der Waals surface area contributed by atoms with E-state index < -0.39 is 20.0 Å². The molecule has 1 aliphatic heterocycles. The molecule has 0 bridgehead atoms. The van der Waals surface area contributed by atoms with Gasteiger partial charge in [0.1, 0.15) is 5.75 Å². The molecule has 0 saturated carbocycles. The number of ether oxygens (including phenoxy) is 1. The van der Waals surface area contributed by atoms with Crippen molar-refractivity contribution in [1.82, 2.24) is 8.61 Å². The summed E-state index contributed by atoms with van der Waals surface area (Å²) in [4.78, 5) is 2.26. The van der Waals surface area contributed by atoms with Crippen LogP contribution < -0.4 is 9.64 Å². The van der Waals surface area contributed by atoms with Crippen LogP contribution in [0.15, 0.2) is 58.3 Å². The first-order chi connectivity index (χ1) is 13.7. The maximum atomic E-state index is 13.0. The predicted octanol–water partition coefficient (Wildman–Crippen LogP) is 1.46. The molecule has 0 radical (unpaired) electrons. The third-order valence-electron chi connectivity index (χ3n) is 4.90. The molecule has 3 rings (SSSR count). The lowest BCUT2D eigenvalue weighted by Gasteiger charge is -2.35. The van der Waals surface area contributed by atoms with E-state index in [1.165, 1.54) is 42.7 Å². The zero-order chi connectivity index (χ0) is 21.2. The van der Waals surface area contributed by atoms with Gasteiger partial charge in [0, 0.05) is 52.0 Å². The molecule has 0 atom stereocenters. The zero-order valence-corrected chi connectivity index (χ0v) is 18.3. The fraction of sp³-hybridized carbons (Fsp3) is 0.368. The van der Waals surface area contributed by atoms with Crippen LogP contribution in [0.5, 0.6) is 5.75 Å². The molecule has 2 aromatic carbocycles. The number of nitrogens with zero attached hydrogens (tertiary/aromatic N) is 3. The molecule has 0 unspecified atom stereocenters. The number of sulfonamides is 2. The summed E-state index contributed by atoms with van der Waals surface area (Å²) in [5, 5.41) is 0. The minimum atomic E-state index is -3.69. The lowest BCUT2D eigenvalue weighted by molar-refractivity contribution is 0.384. The van der Waals surface area contributed by atoms with E-state index in [0.717, 1.165) is 15.7 Å².